The zero-order valence-electron chi connectivity index (χ0n) is 16.5. The molecule has 0 fully saturated rings. The molecule has 0 saturated carbocycles. The van der Waals surface area contributed by atoms with Crippen LogP contribution in [0.1, 0.15) is 15.9 Å². The average molecular weight is 489 g/mol. The van der Waals surface area contributed by atoms with Crippen LogP contribution in [0.3, 0.4) is 0 Å². The summed E-state index contributed by atoms with van der Waals surface area (Å²) in [5.74, 6) is -0.251. The highest BCUT2D eigenvalue weighted by Crippen LogP contribution is 2.29. The van der Waals surface area contributed by atoms with Crippen LogP contribution in [0, 0.1) is 0 Å². The predicted octanol–water partition coefficient (Wildman–Crippen LogP) is 4.53. The number of hydrogen-bond acceptors (Lipinski definition) is 4. The first-order valence-electron chi connectivity index (χ1n) is 9.07. The topological polar surface area (TPSA) is 75.7 Å². The van der Waals surface area contributed by atoms with Gasteiger partial charge >= 0.3 is 0 Å². The second-order valence-corrected chi connectivity index (χ2v) is 9.41. The lowest BCUT2D eigenvalue weighted by atomic mass is 10.2. The van der Waals surface area contributed by atoms with Crippen LogP contribution in [0.2, 0.25) is 0 Å². The Morgan fingerprint density at radius 3 is 2.37 bits per heavy atom. The van der Waals surface area contributed by atoms with Crippen molar-refractivity contribution in [1.29, 1.82) is 0 Å². The van der Waals surface area contributed by atoms with Gasteiger partial charge in [-0.1, -0.05) is 42.5 Å². The average Bonchev–Trinajstić information content (AvgIpc) is 2.75. The van der Waals surface area contributed by atoms with E-state index in [-0.39, 0.29) is 22.8 Å². The minimum Gasteiger partial charge on any atom is -0.495 e. The summed E-state index contributed by atoms with van der Waals surface area (Å²) in [7, 11) is -1.01. The van der Waals surface area contributed by atoms with E-state index < -0.39 is 15.9 Å². The Morgan fingerprint density at radius 2 is 1.70 bits per heavy atom. The number of methoxy groups -OCH3 is 1. The molecule has 0 aliphatic carbocycles. The fourth-order valence-electron chi connectivity index (χ4n) is 2.87. The Hall–Kier alpha value is -2.68. The molecular weight excluding hydrogens is 468 g/mol. The Labute approximate surface area is 184 Å². The highest BCUT2D eigenvalue weighted by atomic mass is 79.9. The van der Waals surface area contributed by atoms with Crippen LogP contribution in [0.25, 0.3) is 0 Å². The molecule has 0 heterocycles. The van der Waals surface area contributed by atoms with Crippen LogP contribution in [0.4, 0.5) is 5.69 Å². The molecule has 0 aliphatic heterocycles. The first kappa shape index (κ1) is 22.0. The summed E-state index contributed by atoms with van der Waals surface area (Å²) in [6.07, 6.45) is 0. The second kappa shape index (κ2) is 9.42. The molecule has 156 valence electrons. The van der Waals surface area contributed by atoms with Gasteiger partial charge in [-0.3, -0.25) is 4.79 Å². The van der Waals surface area contributed by atoms with Crippen molar-refractivity contribution in [2.75, 3.05) is 19.5 Å². The molecule has 8 heteroatoms. The number of nitrogens with one attached hydrogen (secondary N) is 1. The molecule has 0 bridgehead atoms. The second-order valence-electron chi connectivity index (χ2n) is 6.55. The van der Waals surface area contributed by atoms with Gasteiger partial charge in [-0.2, -0.15) is 4.31 Å². The number of hydrogen-bond donors (Lipinski definition) is 1. The third kappa shape index (κ3) is 4.89. The summed E-state index contributed by atoms with van der Waals surface area (Å²) in [5, 5.41) is 2.78. The van der Waals surface area contributed by atoms with Gasteiger partial charge in [0.25, 0.3) is 5.91 Å². The molecule has 0 spiro atoms. The normalized spacial score (nSPS) is 11.3. The van der Waals surface area contributed by atoms with Gasteiger partial charge in [0, 0.05) is 23.6 Å². The van der Waals surface area contributed by atoms with Crippen molar-refractivity contribution in [2.24, 2.45) is 0 Å². The minimum absolute atomic E-state index is 0.0665. The van der Waals surface area contributed by atoms with Gasteiger partial charge in [-0.15, -0.1) is 0 Å². The van der Waals surface area contributed by atoms with Crippen LogP contribution in [0.5, 0.6) is 5.75 Å². The molecule has 0 saturated heterocycles. The van der Waals surface area contributed by atoms with E-state index in [4.69, 9.17) is 4.74 Å². The van der Waals surface area contributed by atoms with Gasteiger partial charge < -0.3 is 10.1 Å². The lowest BCUT2D eigenvalue weighted by molar-refractivity contribution is 0.102. The number of carbonyl (C=O) groups excluding carboxylic acids is 1. The molecule has 1 amide bonds. The molecule has 30 heavy (non-hydrogen) atoms. The molecule has 3 aromatic carbocycles. The fraction of sp³-hybridized carbons (Fsp3) is 0.136. The van der Waals surface area contributed by atoms with Gasteiger partial charge in [-0.05, 0) is 51.8 Å². The van der Waals surface area contributed by atoms with E-state index in [1.54, 1.807) is 18.2 Å². The number of amides is 1. The number of nitrogens with zero attached hydrogens (tertiary/aromatic N) is 1. The van der Waals surface area contributed by atoms with E-state index in [0.717, 1.165) is 10.0 Å². The van der Waals surface area contributed by atoms with Gasteiger partial charge in [0.15, 0.2) is 0 Å². The third-order valence-corrected chi connectivity index (χ3v) is 7.00. The van der Waals surface area contributed by atoms with Crippen LogP contribution in [-0.4, -0.2) is 32.8 Å². The fourth-order valence-corrected chi connectivity index (χ4v) is 4.59. The number of para-hydroxylation sites is 1. The number of benzene rings is 3. The highest BCUT2D eigenvalue weighted by Gasteiger charge is 2.26. The van der Waals surface area contributed by atoms with E-state index in [1.165, 1.54) is 36.7 Å². The van der Waals surface area contributed by atoms with Crippen molar-refractivity contribution in [3.8, 4) is 5.75 Å². The maximum atomic E-state index is 13.2. The van der Waals surface area contributed by atoms with E-state index in [2.05, 4.69) is 21.2 Å². The molecule has 3 rings (SSSR count). The van der Waals surface area contributed by atoms with Crippen molar-refractivity contribution in [1.82, 2.24) is 4.31 Å². The molecule has 0 radical (unpaired) electrons. The van der Waals surface area contributed by atoms with Crippen LogP contribution in [-0.2, 0) is 16.6 Å². The number of rotatable bonds is 7. The van der Waals surface area contributed by atoms with Gasteiger partial charge in [0.2, 0.25) is 10.0 Å². The third-order valence-electron chi connectivity index (χ3n) is 4.48. The molecule has 6 nitrogen and oxygen atoms in total. The van der Waals surface area contributed by atoms with Crippen molar-refractivity contribution in [3.63, 3.8) is 0 Å². The van der Waals surface area contributed by atoms with Crippen LogP contribution < -0.4 is 10.1 Å². The Bertz CT molecular complexity index is 1150. The molecular formula is C22H21BrN2O4S. The largest absolute Gasteiger partial charge is 0.495 e. The zero-order chi connectivity index (χ0) is 21.7. The summed E-state index contributed by atoms with van der Waals surface area (Å²) in [4.78, 5) is 12.7. The summed E-state index contributed by atoms with van der Waals surface area (Å²) >= 11 is 3.38. The standard InChI is InChI=1S/C22H21BrN2O4S/c1-25(15-16-8-4-3-5-9-16)30(27,28)21-14-17(12-13-20(21)29-2)22(26)24-19-11-7-6-10-18(19)23/h3-14H,15H2,1-2H3,(H,24,26). The summed E-state index contributed by atoms with van der Waals surface area (Å²) < 4.78 is 33.6. The van der Waals surface area contributed by atoms with Crippen LogP contribution in [0.15, 0.2) is 82.2 Å². The van der Waals surface area contributed by atoms with Gasteiger partial charge in [-0.25, -0.2) is 8.42 Å². The summed E-state index contributed by atoms with van der Waals surface area (Å²) in [6.45, 7) is 0.194. The molecule has 0 unspecified atom stereocenters. The summed E-state index contributed by atoms with van der Waals surface area (Å²) in [6, 6.07) is 20.8. The smallest absolute Gasteiger partial charge is 0.255 e. The van der Waals surface area contributed by atoms with Gasteiger partial charge in [0.1, 0.15) is 10.6 Å². The molecule has 0 aliphatic rings. The number of anilines is 1. The lowest BCUT2D eigenvalue weighted by Crippen LogP contribution is -2.27. The maximum absolute atomic E-state index is 13.2. The zero-order valence-corrected chi connectivity index (χ0v) is 18.9. The maximum Gasteiger partial charge on any atom is 0.255 e. The van der Waals surface area contributed by atoms with E-state index in [0.29, 0.717) is 5.69 Å². The number of halogens is 1. The molecule has 0 aromatic heterocycles. The number of sulfonamides is 1. The summed E-state index contributed by atoms with van der Waals surface area (Å²) in [5.41, 5.74) is 1.65. The van der Waals surface area contributed by atoms with Crippen molar-refractivity contribution in [2.45, 2.75) is 11.4 Å². The molecule has 1 N–H and O–H groups in total. The first-order chi connectivity index (χ1) is 14.3. The lowest BCUT2D eigenvalue weighted by Gasteiger charge is -2.19. The first-order valence-corrected chi connectivity index (χ1v) is 11.3. The van der Waals surface area contributed by atoms with Crippen molar-refractivity contribution >= 4 is 37.5 Å². The van der Waals surface area contributed by atoms with Crippen molar-refractivity contribution in [3.05, 3.63) is 88.4 Å². The Kier molecular flexibility index (Phi) is 6.91. The van der Waals surface area contributed by atoms with Crippen molar-refractivity contribution < 1.29 is 17.9 Å². The highest BCUT2D eigenvalue weighted by molar-refractivity contribution is 9.10. The van der Waals surface area contributed by atoms with Crippen LogP contribution >= 0.6 is 15.9 Å². The van der Waals surface area contributed by atoms with E-state index >= 15 is 0 Å². The van der Waals surface area contributed by atoms with Gasteiger partial charge in [0.05, 0.1) is 12.8 Å². The Morgan fingerprint density at radius 1 is 1.03 bits per heavy atom. The predicted molar refractivity (Wildman–Crippen MR) is 120 cm³/mol. The number of carbonyl (C=O) groups is 1. The Balaban J connectivity index is 1.91. The van der Waals surface area contributed by atoms with E-state index in [9.17, 15) is 13.2 Å². The molecule has 0 atom stereocenters. The molecule has 3 aromatic rings. The quantitative estimate of drug-likeness (QED) is 0.529. The number of ether oxygens (including phenoxy) is 1. The monoisotopic (exact) mass is 488 g/mol. The SMILES string of the molecule is COc1ccc(C(=O)Nc2ccccc2Br)cc1S(=O)(=O)N(C)Cc1ccccc1. The minimum atomic E-state index is -3.90. The van der Waals surface area contributed by atoms with E-state index in [1.807, 2.05) is 36.4 Å².